The highest BCUT2D eigenvalue weighted by atomic mass is 16.8. The smallest absolute Gasteiger partial charge is 0.343 e. The van der Waals surface area contributed by atoms with Crippen LogP contribution in [0.4, 0.5) is 5.82 Å². The number of ketones is 2. The Balaban J connectivity index is 1.12. The van der Waals surface area contributed by atoms with Crippen LogP contribution in [-0.4, -0.2) is 116 Å². The predicted octanol–water partition coefficient (Wildman–Crippen LogP) is 7.53. The lowest BCUT2D eigenvalue weighted by Gasteiger charge is -2.63. The minimum atomic E-state index is -1.79. The van der Waals surface area contributed by atoms with Crippen molar-refractivity contribution in [1.82, 2.24) is 9.55 Å². The first-order valence-corrected chi connectivity index (χ1v) is 26.1. The highest BCUT2D eigenvalue weighted by Gasteiger charge is 2.86. The fraction of sp³-hybridized carbons (Fsp3) is 0.534. The van der Waals surface area contributed by atoms with Gasteiger partial charge in [0.25, 0.3) is 0 Å². The number of hydrogen-bond acceptors (Lipinski definition) is 17. The van der Waals surface area contributed by atoms with Crippen LogP contribution in [0, 0.1) is 17.8 Å². The molecule has 2 aromatic carbocycles. The number of nitrogens with zero attached hydrogens (tertiary/aromatic N) is 2. The average Bonchev–Trinajstić information content (AvgIpc) is 3.91. The molecule has 3 aliphatic carbocycles. The summed E-state index contributed by atoms with van der Waals surface area (Å²) in [7, 11) is 1.28. The number of Topliss-reactive ketones (excluding diaryl/α,β-unsaturated/α-hetero) is 2. The number of carbonyl (C=O) groups excluding carboxylic acids is 4. The van der Waals surface area contributed by atoms with Crippen molar-refractivity contribution in [1.29, 1.82) is 0 Å². The standard InChI is InChI=1S/C58H69N3O15/c1-29(2)13-12-22-56(10)23-21-35-46(74-56)34(19-14-30(3)4)48-40(47(35)72-52(67)32-15-17-33(18-16-32)70-53-45(64)44(63)49-37(71-53)27-69-55(8,9)73-49)43(62)41-42(61-26-39(59)60-28-61)36-25-38-54(6,7)76-57(50(36)65,58(38,41)75-48)24-20-31(5)51(66)68-11/h13-18,20-21,23,26,28,36-38,41-42,44-45,49,53,63-64H,12,19,22,24-25,27,59H2,1-11H3/t36-,37+,38+,41?,42?,44+,45+,49+,53+,56?,57?,58?/m0/s1. The molecule has 3 saturated carbocycles. The van der Waals surface area contributed by atoms with E-state index in [2.05, 4.69) is 11.1 Å². The number of imidazole rings is 1. The zero-order valence-corrected chi connectivity index (χ0v) is 45.0. The summed E-state index contributed by atoms with van der Waals surface area (Å²) in [6.07, 6.45) is 8.61. The van der Waals surface area contributed by atoms with Crippen molar-refractivity contribution in [2.75, 3.05) is 19.5 Å². The second-order valence-corrected chi connectivity index (χ2v) is 23.0. The largest absolute Gasteiger partial charge is 0.482 e. The molecule has 8 aliphatic rings. The zero-order chi connectivity index (χ0) is 54.6. The molecule has 5 aliphatic heterocycles. The molecule has 6 heterocycles. The molecule has 5 unspecified atom stereocenters. The number of nitrogen functional groups attached to an aromatic ring is 1. The first-order valence-electron chi connectivity index (χ1n) is 26.1. The number of allylic oxidation sites excluding steroid dienone is 4. The van der Waals surface area contributed by atoms with Crippen molar-refractivity contribution < 1.29 is 72.0 Å². The number of hydrogen-bond donors (Lipinski definition) is 3. The fourth-order valence-electron chi connectivity index (χ4n) is 12.8. The van der Waals surface area contributed by atoms with E-state index in [1.807, 2.05) is 66.7 Å². The molecule has 3 saturated heterocycles. The van der Waals surface area contributed by atoms with Gasteiger partial charge in [0.15, 0.2) is 34.3 Å². The van der Waals surface area contributed by atoms with Crippen molar-refractivity contribution in [3.05, 3.63) is 100 Å². The molecule has 406 valence electrons. The van der Waals surface area contributed by atoms with Crippen molar-refractivity contribution in [2.24, 2.45) is 17.8 Å². The first kappa shape index (κ1) is 53.3. The Morgan fingerprint density at radius 3 is 2.34 bits per heavy atom. The Kier molecular flexibility index (Phi) is 13.4. The maximum atomic E-state index is 16.6. The van der Waals surface area contributed by atoms with Crippen molar-refractivity contribution >= 4 is 35.4 Å². The third-order valence-corrected chi connectivity index (χ3v) is 16.4. The second-order valence-electron chi connectivity index (χ2n) is 23.0. The molecule has 3 aromatic rings. The van der Waals surface area contributed by atoms with Crippen LogP contribution in [0.5, 0.6) is 23.0 Å². The van der Waals surface area contributed by atoms with E-state index in [9.17, 15) is 19.8 Å². The Morgan fingerprint density at radius 1 is 0.947 bits per heavy atom. The van der Waals surface area contributed by atoms with Gasteiger partial charge in [0, 0.05) is 35.6 Å². The molecule has 76 heavy (non-hydrogen) atoms. The van der Waals surface area contributed by atoms with Crippen molar-refractivity contribution in [3.63, 3.8) is 0 Å². The Morgan fingerprint density at radius 2 is 1.67 bits per heavy atom. The van der Waals surface area contributed by atoms with Crippen LogP contribution in [-0.2, 0) is 39.7 Å². The molecule has 12 atom stereocenters. The topological polar surface area (TPSA) is 236 Å². The highest BCUT2D eigenvalue weighted by Crippen LogP contribution is 2.73. The molecular weight excluding hydrogens is 979 g/mol. The van der Waals surface area contributed by atoms with Crippen LogP contribution < -0.4 is 24.7 Å². The lowest BCUT2D eigenvalue weighted by atomic mass is 9.45. The molecule has 1 aromatic heterocycles. The average molecular weight is 1050 g/mol. The monoisotopic (exact) mass is 1050 g/mol. The molecule has 18 nitrogen and oxygen atoms in total. The number of benzene rings is 2. The third kappa shape index (κ3) is 8.68. The van der Waals surface area contributed by atoms with E-state index in [0.29, 0.717) is 36.1 Å². The maximum Gasteiger partial charge on any atom is 0.343 e. The van der Waals surface area contributed by atoms with Crippen molar-refractivity contribution in [2.45, 2.75) is 166 Å². The van der Waals surface area contributed by atoms with Gasteiger partial charge < -0.3 is 63.1 Å². The van der Waals surface area contributed by atoms with Crippen LogP contribution >= 0.6 is 0 Å². The summed E-state index contributed by atoms with van der Waals surface area (Å²) >= 11 is 0. The maximum absolute atomic E-state index is 16.6. The summed E-state index contributed by atoms with van der Waals surface area (Å²) in [5.41, 5.74) is 4.18. The van der Waals surface area contributed by atoms with Crippen LogP contribution in [0.1, 0.15) is 133 Å². The molecule has 1 spiro atoms. The first-order chi connectivity index (χ1) is 35.8. The van der Waals surface area contributed by atoms with Crippen molar-refractivity contribution in [3.8, 4) is 23.0 Å². The SMILES string of the molecule is COC(=O)C(C)=CCC12OC(C)(C)[C@H]3C[C@H](C1=O)C(n1cnc(N)c1)C1C(=O)c4c(OC(=O)c5ccc(O[C@@H]6O[C@@H]7COC(C)(C)O[C@H]7[C@H](O)[C@H]6O)cc5)c5c(c(CC=C(C)C)c4OC132)OC(C)(CCC=C(C)C)C=C5. The minimum absolute atomic E-state index is 0.00712. The quantitative estimate of drug-likeness (QED) is 0.0649. The normalized spacial score (nSPS) is 33.1. The van der Waals surface area contributed by atoms with E-state index < -0.39 is 100 Å². The lowest BCUT2D eigenvalue weighted by molar-refractivity contribution is -0.373. The number of nitrogens with two attached hydrogens (primary N) is 1. The van der Waals surface area contributed by atoms with E-state index in [-0.39, 0.29) is 65.0 Å². The Labute approximate surface area is 442 Å². The molecule has 4 bridgehead atoms. The molecule has 6 fully saturated rings. The Hall–Kier alpha value is -6.15. The van der Waals surface area contributed by atoms with Crippen LogP contribution in [0.3, 0.4) is 0 Å². The molecular formula is C58H69N3O15. The number of carbonyl (C=O) groups is 4. The number of methoxy groups -OCH3 is 1. The predicted molar refractivity (Wildman–Crippen MR) is 276 cm³/mol. The zero-order valence-electron chi connectivity index (χ0n) is 45.0. The third-order valence-electron chi connectivity index (χ3n) is 16.4. The number of aliphatic hydroxyl groups excluding tert-OH is 2. The van der Waals surface area contributed by atoms with Gasteiger partial charge in [0.1, 0.15) is 58.6 Å². The molecule has 0 amide bonds. The summed E-state index contributed by atoms with van der Waals surface area (Å²) in [6, 6.07) is 5.07. The molecule has 11 rings (SSSR count). The van der Waals surface area contributed by atoms with Crippen LogP contribution in [0.15, 0.2) is 77.8 Å². The summed E-state index contributed by atoms with van der Waals surface area (Å²) in [6.45, 7) is 18.9. The van der Waals surface area contributed by atoms with Gasteiger partial charge in [-0.15, -0.1) is 0 Å². The van der Waals surface area contributed by atoms with Gasteiger partial charge in [-0.3, -0.25) is 9.59 Å². The van der Waals surface area contributed by atoms with E-state index in [1.165, 1.54) is 37.7 Å². The summed E-state index contributed by atoms with van der Waals surface area (Å²) in [4.78, 5) is 64.3. The van der Waals surface area contributed by atoms with E-state index in [0.717, 1.165) is 11.1 Å². The Bertz CT molecular complexity index is 3000. The lowest BCUT2D eigenvalue weighted by Crippen LogP contribution is -2.78. The van der Waals surface area contributed by atoms with Gasteiger partial charge >= 0.3 is 11.9 Å². The van der Waals surface area contributed by atoms with Crippen LogP contribution in [0.2, 0.25) is 0 Å². The fourth-order valence-corrected chi connectivity index (χ4v) is 12.8. The summed E-state index contributed by atoms with van der Waals surface area (Å²) in [5, 5.41) is 22.1. The number of ether oxygens (including phenoxy) is 9. The van der Waals surface area contributed by atoms with Gasteiger partial charge in [-0.05, 0) is 131 Å². The molecule has 0 radical (unpaired) electrons. The number of fused-ring (bicyclic) bond motifs is 3. The number of aliphatic hydroxyl groups is 2. The van der Waals surface area contributed by atoms with E-state index >= 15 is 9.59 Å². The number of anilines is 1. The van der Waals surface area contributed by atoms with Gasteiger partial charge in [-0.1, -0.05) is 29.4 Å². The van der Waals surface area contributed by atoms with Gasteiger partial charge in [-0.25, -0.2) is 14.6 Å². The van der Waals surface area contributed by atoms with Gasteiger partial charge in [0.2, 0.25) is 6.29 Å². The van der Waals surface area contributed by atoms with Gasteiger partial charge in [0.05, 0.1) is 48.7 Å². The molecule has 18 heteroatoms. The van der Waals surface area contributed by atoms with E-state index in [4.69, 9.17) is 48.4 Å². The highest BCUT2D eigenvalue weighted by molar-refractivity contribution is 6.11. The number of esters is 2. The van der Waals surface area contributed by atoms with Crippen LogP contribution in [0.25, 0.3) is 6.08 Å². The number of aromatic nitrogens is 2. The van der Waals surface area contributed by atoms with Gasteiger partial charge in [-0.2, -0.15) is 0 Å². The summed E-state index contributed by atoms with van der Waals surface area (Å²) in [5.74, 6) is -4.91. The second kappa shape index (κ2) is 19.1. The number of rotatable bonds is 13. The minimum Gasteiger partial charge on any atom is -0.482 e. The molecule has 4 N–H and O–H groups in total. The van der Waals surface area contributed by atoms with E-state index in [1.54, 1.807) is 37.6 Å². The summed E-state index contributed by atoms with van der Waals surface area (Å²) < 4.78 is 58.9.